The summed E-state index contributed by atoms with van der Waals surface area (Å²) in [6.07, 6.45) is 2.09. The van der Waals surface area contributed by atoms with E-state index >= 15 is 0 Å². The average molecular weight is 615 g/mol. The van der Waals surface area contributed by atoms with Crippen molar-refractivity contribution in [2.45, 2.75) is 86.4 Å². The number of amides is 2. The first-order valence-electron chi connectivity index (χ1n) is 15.2. The normalized spacial score (nSPS) is 13.7. The predicted octanol–water partition coefficient (Wildman–Crippen LogP) is 4.92. The number of rotatable bonds is 11. The van der Waals surface area contributed by atoms with Gasteiger partial charge in [-0.25, -0.2) is 9.78 Å². The highest BCUT2D eigenvalue weighted by molar-refractivity contribution is 5.95. The maximum Gasteiger partial charge on any atom is 0.415 e. The first-order chi connectivity index (χ1) is 20.8. The van der Waals surface area contributed by atoms with Gasteiger partial charge in [-0.2, -0.15) is 4.98 Å². The van der Waals surface area contributed by atoms with Crippen LogP contribution in [0, 0.1) is 0 Å². The van der Waals surface area contributed by atoms with Crippen molar-refractivity contribution in [1.82, 2.24) is 14.9 Å². The molecule has 244 valence electrons. The largest absolute Gasteiger partial charge is 0.462 e. The van der Waals surface area contributed by atoms with Crippen molar-refractivity contribution in [2.24, 2.45) is 0 Å². The Bertz CT molecular complexity index is 1190. The van der Waals surface area contributed by atoms with E-state index in [0.717, 1.165) is 18.7 Å². The maximum atomic E-state index is 12.4. The molecule has 0 bridgehead atoms. The van der Waals surface area contributed by atoms with E-state index in [-0.39, 0.29) is 29.7 Å². The van der Waals surface area contributed by atoms with Gasteiger partial charge in [-0.1, -0.05) is 12.1 Å². The molecular formula is C32H50N6O6. The second-order valence-corrected chi connectivity index (χ2v) is 11.7. The zero-order valence-corrected chi connectivity index (χ0v) is 27.8. The fraction of sp³-hybridized carbons (Fsp3) is 0.594. The SMILES string of the molecule is CC(C)(C)OC=O.CCN(CC)c1ncc(N(C(C)=O)C(C)C)c(N[C@H](C)Cc2ccc(OC(=O)N3CCOCC3)cc2)n1. The maximum absolute atomic E-state index is 12.4. The zero-order valence-electron chi connectivity index (χ0n) is 27.8. The highest BCUT2D eigenvalue weighted by Gasteiger charge is 2.23. The van der Waals surface area contributed by atoms with Gasteiger partial charge in [0.25, 0.3) is 6.47 Å². The Kier molecular flexibility index (Phi) is 14.3. The van der Waals surface area contributed by atoms with Crippen molar-refractivity contribution < 1.29 is 28.6 Å². The summed E-state index contributed by atoms with van der Waals surface area (Å²) in [5, 5.41) is 3.51. The number of carbonyl (C=O) groups excluding carboxylic acids is 3. The molecule has 0 spiro atoms. The van der Waals surface area contributed by atoms with Crippen LogP contribution in [0.3, 0.4) is 0 Å². The third kappa shape index (κ3) is 11.6. The first-order valence-corrected chi connectivity index (χ1v) is 15.2. The molecule has 12 nitrogen and oxygen atoms in total. The number of nitrogens with zero attached hydrogens (tertiary/aromatic N) is 5. The second-order valence-electron chi connectivity index (χ2n) is 11.7. The van der Waals surface area contributed by atoms with Gasteiger partial charge in [0.05, 0.1) is 19.4 Å². The predicted molar refractivity (Wildman–Crippen MR) is 172 cm³/mol. The van der Waals surface area contributed by atoms with Crippen LogP contribution in [0.4, 0.5) is 22.2 Å². The van der Waals surface area contributed by atoms with E-state index < -0.39 is 0 Å². The summed E-state index contributed by atoms with van der Waals surface area (Å²) >= 11 is 0. The summed E-state index contributed by atoms with van der Waals surface area (Å²) in [7, 11) is 0. The van der Waals surface area contributed by atoms with E-state index in [4.69, 9.17) is 14.5 Å². The van der Waals surface area contributed by atoms with E-state index in [0.29, 0.717) is 62.4 Å². The van der Waals surface area contributed by atoms with Gasteiger partial charge in [0.15, 0.2) is 5.82 Å². The summed E-state index contributed by atoms with van der Waals surface area (Å²) in [5.41, 5.74) is 1.43. The summed E-state index contributed by atoms with van der Waals surface area (Å²) in [4.78, 5) is 49.2. The Morgan fingerprint density at radius 1 is 1.09 bits per heavy atom. The molecule has 1 aliphatic heterocycles. The van der Waals surface area contributed by atoms with Crippen molar-refractivity contribution in [1.29, 1.82) is 0 Å². The van der Waals surface area contributed by atoms with Gasteiger partial charge < -0.3 is 34.2 Å². The smallest absolute Gasteiger partial charge is 0.415 e. The van der Waals surface area contributed by atoms with Crippen LogP contribution in [0.1, 0.15) is 67.9 Å². The number of nitrogens with one attached hydrogen (secondary N) is 1. The van der Waals surface area contributed by atoms with E-state index in [9.17, 15) is 14.4 Å². The molecule has 3 rings (SSSR count). The Hall–Kier alpha value is -3.93. The molecule has 0 radical (unpaired) electrons. The van der Waals surface area contributed by atoms with Crippen molar-refractivity contribution in [3.8, 4) is 5.75 Å². The van der Waals surface area contributed by atoms with Gasteiger partial charge in [-0.05, 0) is 79.5 Å². The van der Waals surface area contributed by atoms with Crippen LogP contribution < -0.4 is 19.9 Å². The highest BCUT2D eigenvalue weighted by Crippen LogP contribution is 2.28. The van der Waals surface area contributed by atoms with Crippen LogP contribution in [-0.2, 0) is 25.5 Å². The number of hydrogen-bond donors (Lipinski definition) is 1. The summed E-state index contributed by atoms with van der Waals surface area (Å²) < 4.78 is 15.3. The van der Waals surface area contributed by atoms with Crippen LogP contribution in [0.25, 0.3) is 0 Å². The van der Waals surface area contributed by atoms with E-state index in [2.05, 4.69) is 40.7 Å². The van der Waals surface area contributed by atoms with Gasteiger partial charge >= 0.3 is 6.09 Å². The molecular weight excluding hydrogens is 564 g/mol. The summed E-state index contributed by atoms with van der Waals surface area (Å²) in [5.74, 6) is 1.70. The minimum absolute atomic E-state index is 0.0147. The minimum atomic E-state index is -0.355. The number of morpholine rings is 1. The topological polar surface area (TPSA) is 126 Å². The van der Waals surface area contributed by atoms with E-state index in [1.165, 1.54) is 0 Å². The third-order valence-corrected chi connectivity index (χ3v) is 6.64. The average Bonchev–Trinajstić information content (AvgIpc) is 2.95. The van der Waals surface area contributed by atoms with Gasteiger partial charge in [0.2, 0.25) is 11.9 Å². The molecule has 1 saturated heterocycles. The molecule has 1 atom stereocenters. The lowest BCUT2D eigenvalue weighted by atomic mass is 10.1. The Labute approximate surface area is 262 Å². The molecule has 0 unspecified atom stereocenters. The van der Waals surface area contributed by atoms with Crippen molar-refractivity contribution in [2.75, 3.05) is 54.5 Å². The minimum Gasteiger partial charge on any atom is -0.462 e. The fourth-order valence-corrected chi connectivity index (χ4v) is 4.51. The highest BCUT2D eigenvalue weighted by atomic mass is 16.6. The van der Waals surface area contributed by atoms with Crippen molar-refractivity contribution >= 4 is 35.9 Å². The van der Waals surface area contributed by atoms with E-state index in [1.807, 2.05) is 58.9 Å². The quantitative estimate of drug-likeness (QED) is 0.349. The fourth-order valence-electron chi connectivity index (χ4n) is 4.51. The molecule has 2 heterocycles. The standard InChI is InChI=1S/C27H40N6O4.C5H10O2/c1-7-31(8-2)26-28-18-24(33(19(3)4)21(6)34)25(30-26)29-20(5)17-22-9-11-23(12-10-22)37-27(35)32-13-15-36-16-14-32;1-5(2,3)7-4-6/h9-12,18-20H,7-8,13-17H2,1-6H3,(H,28,29,30);4H,1-3H3/t20-;/m1./s1. The van der Waals surface area contributed by atoms with Gasteiger partial charge in [-0.15, -0.1) is 0 Å². The van der Waals surface area contributed by atoms with Crippen molar-refractivity contribution in [3.63, 3.8) is 0 Å². The lowest BCUT2D eigenvalue weighted by Crippen LogP contribution is -2.42. The molecule has 0 saturated carbocycles. The molecule has 2 amide bonds. The Morgan fingerprint density at radius 2 is 1.70 bits per heavy atom. The monoisotopic (exact) mass is 614 g/mol. The van der Waals surface area contributed by atoms with Crippen LogP contribution in [-0.4, -0.2) is 90.4 Å². The first kappa shape index (κ1) is 36.3. The van der Waals surface area contributed by atoms with Crippen LogP contribution in [0.5, 0.6) is 5.75 Å². The third-order valence-electron chi connectivity index (χ3n) is 6.64. The summed E-state index contributed by atoms with van der Waals surface area (Å²) in [6, 6.07) is 7.51. The number of benzene rings is 1. The van der Waals surface area contributed by atoms with Gasteiger partial charge in [-0.3, -0.25) is 9.59 Å². The van der Waals surface area contributed by atoms with Crippen LogP contribution >= 0.6 is 0 Å². The van der Waals surface area contributed by atoms with Gasteiger partial charge in [0, 0.05) is 45.2 Å². The lowest BCUT2D eigenvalue weighted by molar-refractivity contribution is -0.138. The molecule has 2 aromatic rings. The molecule has 1 aliphatic rings. The van der Waals surface area contributed by atoms with E-state index in [1.54, 1.807) is 22.9 Å². The molecule has 1 aromatic carbocycles. The number of ether oxygens (including phenoxy) is 3. The van der Waals surface area contributed by atoms with Crippen LogP contribution in [0.2, 0.25) is 0 Å². The molecule has 44 heavy (non-hydrogen) atoms. The van der Waals surface area contributed by atoms with Gasteiger partial charge in [0.1, 0.15) is 17.0 Å². The second kappa shape index (κ2) is 17.4. The number of aromatic nitrogens is 2. The number of carbonyl (C=O) groups is 3. The van der Waals surface area contributed by atoms with Crippen molar-refractivity contribution in [3.05, 3.63) is 36.0 Å². The number of hydrogen-bond acceptors (Lipinski definition) is 10. The molecule has 1 aromatic heterocycles. The molecule has 1 N–H and O–H groups in total. The molecule has 1 fully saturated rings. The number of anilines is 3. The zero-order chi connectivity index (χ0) is 32.9. The molecule has 0 aliphatic carbocycles. The molecule has 12 heteroatoms. The summed E-state index contributed by atoms with van der Waals surface area (Å²) in [6.45, 7) is 21.3. The Balaban J connectivity index is 0.000000860. The Morgan fingerprint density at radius 3 is 2.18 bits per heavy atom. The van der Waals surface area contributed by atoms with Crippen LogP contribution in [0.15, 0.2) is 30.5 Å². The lowest BCUT2D eigenvalue weighted by Gasteiger charge is -2.29.